The number of rotatable bonds is 14. The van der Waals surface area contributed by atoms with Crippen molar-refractivity contribution in [2.45, 2.75) is 64.3 Å². The lowest BCUT2D eigenvalue weighted by Gasteiger charge is -2.23. The van der Waals surface area contributed by atoms with Crippen molar-refractivity contribution < 1.29 is 28.8 Å². The van der Waals surface area contributed by atoms with E-state index in [0.29, 0.717) is 25.1 Å². The Morgan fingerprint density at radius 3 is 2.35 bits per heavy atom. The molecule has 1 aliphatic heterocycles. The van der Waals surface area contributed by atoms with Crippen molar-refractivity contribution in [2.75, 3.05) is 27.2 Å². The fourth-order valence-corrected chi connectivity index (χ4v) is 3.12. The molecule has 0 radical (unpaired) electrons. The molecule has 0 aromatic heterocycles. The molecule has 0 saturated carbocycles. The normalized spacial score (nSPS) is 14.5. The van der Waals surface area contributed by atoms with Crippen molar-refractivity contribution in [2.24, 2.45) is 0 Å². The Hall–Kier alpha value is -2.75. The zero-order valence-corrected chi connectivity index (χ0v) is 18.7. The molecule has 10 heteroatoms. The van der Waals surface area contributed by atoms with Gasteiger partial charge in [0.1, 0.15) is 5.78 Å². The summed E-state index contributed by atoms with van der Waals surface area (Å²) in [5.74, 6) is -1.38. The van der Waals surface area contributed by atoms with Crippen LogP contribution in [0.5, 0.6) is 0 Å². The van der Waals surface area contributed by atoms with E-state index in [0.717, 1.165) is 17.9 Å². The van der Waals surface area contributed by atoms with Gasteiger partial charge in [-0.1, -0.05) is 6.58 Å². The van der Waals surface area contributed by atoms with Gasteiger partial charge in [-0.05, 0) is 39.8 Å². The molecule has 174 valence electrons. The average Bonchev–Trinajstić information content (AvgIpc) is 3.00. The SMILES string of the molecule is C=C1CCC(=O)N1OC(=O)CCNC(=O)CCC(=O)C(CCCCNC(C)=O)N(C)C. The fraction of sp³-hybridized carbons (Fsp3) is 0.667. The van der Waals surface area contributed by atoms with Crippen LogP contribution in [0.15, 0.2) is 12.3 Å². The lowest BCUT2D eigenvalue weighted by molar-refractivity contribution is -0.186. The third-order valence-corrected chi connectivity index (χ3v) is 4.86. The first-order valence-electron chi connectivity index (χ1n) is 10.5. The highest BCUT2D eigenvalue weighted by molar-refractivity contribution is 5.88. The van der Waals surface area contributed by atoms with Gasteiger partial charge in [-0.25, -0.2) is 4.79 Å². The minimum atomic E-state index is -0.639. The minimum absolute atomic E-state index is 0.0230. The second-order valence-electron chi connectivity index (χ2n) is 7.74. The number of hydrogen-bond donors (Lipinski definition) is 2. The van der Waals surface area contributed by atoms with Gasteiger partial charge < -0.3 is 15.5 Å². The molecule has 0 bridgehead atoms. The highest BCUT2D eigenvalue weighted by Crippen LogP contribution is 2.20. The number of ketones is 1. The molecule has 1 rings (SSSR count). The van der Waals surface area contributed by atoms with Crippen molar-refractivity contribution in [3.63, 3.8) is 0 Å². The summed E-state index contributed by atoms with van der Waals surface area (Å²) >= 11 is 0. The standard InChI is InChI=1S/C21H34N4O6/c1-15-8-11-20(29)25(15)31-21(30)12-14-23-19(28)10-9-18(27)17(24(3)4)7-5-6-13-22-16(2)26/h17H,1,5-14H2,2-4H3,(H,22,26)(H,23,28). The molecule has 1 saturated heterocycles. The molecule has 0 aromatic rings. The maximum absolute atomic E-state index is 12.5. The van der Waals surface area contributed by atoms with Crippen molar-refractivity contribution in [3.8, 4) is 0 Å². The lowest BCUT2D eigenvalue weighted by Crippen LogP contribution is -2.37. The van der Waals surface area contributed by atoms with E-state index < -0.39 is 5.97 Å². The van der Waals surface area contributed by atoms with Crippen LogP contribution in [0.25, 0.3) is 0 Å². The highest BCUT2D eigenvalue weighted by Gasteiger charge is 2.28. The van der Waals surface area contributed by atoms with E-state index in [1.807, 2.05) is 19.0 Å². The zero-order chi connectivity index (χ0) is 23.4. The number of likely N-dealkylation sites (N-methyl/N-ethyl adjacent to an activating group) is 1. The molecule has 3 amide bonds. The van der Waals surface area contributed by atoms with Gasteiger partial charge in [-0.3, -0.25) is 24.1 Å². The van der Waals surface area contributed by atoms with Crippen molar-refractivity contribution in [3.05, 3.63) is 12.3 Å². The molecule has 31 heavy (non-hydrogen) atoms. The Morgan fingerprint density at radius 1 is 1.06 bits per heavy atom. The summed E-state index contributed by atoms with van der Waals surface area (Å²) in [6, 6.07) is -0.286. The van der Waals surface area contributed by atoms with Crippen molar-refractivity contribution >= 4 is 29.5 Å². The summed E-state index contributed by atoms with van der Waals surface area (Å²) in [5.41, 5.74) is 0.437. The van der Waals surface area contributed by atoms with E-state index >= 15 is 0 Å². The number of amides is 3. The van der Waals surface area contributed by atoms with Gasteiger partial charge in [-0.2, -0.15) is 0 Å². The fourth-order valence-electron chi connectivity index (χ4n) is 3.12. The van der Waals surface area contributed by atoms with Gasteiger partial charge in [0.05, 0.1) is 18.2 Å². The van der Waals surface area contributed by atoms with Crippen LogP contribution in [0.1, 0.15) is 58.3 Å². The molecule has 10 nitrogen and oxygen atoms in total. The number of hydrogen-bond acceptors (Lipinski definition) is 7. The number of nitrogens with zero attached hydrogens (tertiary/aromatic N) is 2. The maximum Gasteiger partial charge on any atom is 0.334 e. The Bertz CT molecular complexity index is 675. The van der Waals surface area contributed by atoms with Gasteiger partial charge in [0, 0.05) is 39.3 Å². The number of nitrogens with one attached hydrogen (secondary N) is 2. The van der Waals surface area contributed by atoms with Gasteiger partial charge in [-0.15, -0.1) is 5.06 Å². The molecule has 0 aliphatic carbocycles. The molecule has 2 N–H and O–H groups in total. The Balaban J connectivity index is 2.25. The van der Waals surface area contributed by atoms with Crippen LogP contribution in [0, 0.1) is 0 Å². The smallest absolute Gasteiger partial charge is 0.334 e. The molecule has 1 fully saturated rings. The van der Waals surface area contributed by atoms with Gasteiger partial charge in [0.15, 0.2) is 0 Å². The van der Waals surface area contributed by atoms with Crippen molar-refractivity contribution in [1.82, 2.24) is 20.6 Å². The predicted octanol–water partition coefficient (Wildman–Crippen LogP) is 0.673. The predicted molar refractivity (Wildman–Crippen MR) is 113 cm³/mol. The molecular formula is C21H34N4O6. The monoisotopic (exact) mass is 438 g/mol. The van der Waals surface area contributed by atoms with Crippen molar-refractivity contribution in [1.29, 1.82) is 0 Å². The minimum Gasteiger partial charge on any atom is -0.356 e. The van der Waals surface area contributed by atoms with E-state index in [-0.39, 0.29) is 61.8 Å². The first-order chi connectivity index (χ1) is 14.6. The number of allylic oxidation sites excluding steroid dienone is 1. The third-order valence-electron chi connectivity index (χ3n) is 4.86. The highest BCUT2D eigenvalue weighted by atomic mass is 16.7. The quantitative estimate of drug-likeness (QED) is 0.382. The van der Waals surface area contributed by atoms with E-state index in [1.54, 1.807) is 0 Å². The first kappa shape index (κ1) is 26.3. The molecule has 0 aromatic carbocycles. The average molecular weight is 439 g/mol. The summed E-state index contributed by atoms with van der Waals surface area (Å²) < 4.78 is 0. The Morgan fingerprint density at radius 2 is 1.77 bits per heavy atom. The van der Waals surface area contributed by atoms with Crippen LogP contribution >= 0.6 is 0 Å². The van der Waals surface area contributed by atoms with Gasteiger partial charge in [0.25, 0.3) is 5.91 Å². The molecule has 1 atom stereocenters. The maximum atomic E-state index is 12.5. The number of Topliss-reactive ketones (excluding diaryl/α,β-unsaturated/α-hetero) is 1. The summed E-state index contributed by atoms with van der Waals surface area (Å²) in [4.78, 5) is 65.5. The van der Waals surface area contributed by atoms with Crippen LogP contribution in [-0.2, 0) is 28.8 Å². The zero-order valence-electron chi connectivity index (χ0n) is 18.7. The largest absolute Gasteiger partial charge is 0.356 e. The van der Waals surface area contributed by atoms with Crippen LogP contribution in [0.2, 0.25) is 0 Å². The number of hydroxylamine groups is 2. The van der Waals surface area contributed by atoms with Crippen LogP contribution < -0.4 is 10.6 Å². The van der Waals surface area contributed by atoms with Crippen LogP contribution in [0.4, 0.5) is 0 Å². The number of unbranched alkanes of at least 4 members (excludes halogenated alkanes) is 1. The first-order valence-corrected chi connectivity index (χ1v) is 10.5. The topological polar surface area (TPSA) is 125 Å². The molecule has 1 heterocycles. The number of carbonyl (C=O) groups is 5. The van der Waals surface area contributed by atoms with Gasteiger partial charge >= 0.3 is 5.97 Å². The Labute approximate surface area is 183 Å². The van der Waals surface area contributed by atoms with Gasteiger partial charge in [0.2, 0.25) is 11.8 Å². The van der Waals surface area contributed by atoms with Crippen LogP contribution in [0.3, 0.4) is 0 Å². The molecular weight excluding hydrogens is 404 g/mol. The van der Waals surface area contributed by atoms with E-state index in [9.17, 15) is 24.0 Å². The number of carbonyl (C=O) groups excluding carboxylic acids is 5. The summed E-state index contributed by atoms with van der Waals surface area (Å²) in [7, 11) is 3.64. The van der Waals surface area contributed by atoms with E-state index in [4.69, 9.17) is 4.84 Å². The van der Waals surface area contributed by atoms with E-state index in [2.05, 4.69) is 17.2 Å². The Kier molecular flexibility index (Phi) is 11.5. The van der Waals surface area contributed by atoms with Crippen LogP contribution in [-0.4, -0.2) is 72.7 Å². The molecule has 1 unspecified atom stereocenters. The summed E-state index contributed by atoms with van der Waals surface area (Å²) in [6.07, 6.45) is 2.99. The third kappa shape index (κ3) is 10.2. The van der Waals surface area contributed by atoms with E-state index in [1.165, 1.54) is 6.92 Å². The lowest BCUT2D eigenvalue weighted by atomic mass is 10.0. The second kappa shape index (κ2) is 13.5. The molecule has 1 aliphatic rings. The molecule has 0 spiro atoms. The summed E-state index contributed by atoms with van der Waals surface area (Å²) in [5, 5.41) is 6.21. The summed E-state index contributed by atoms with van der Waals surface area (Å²) in [6.45, 7) is 5.75. The second-order valence-corrected chi connectivity index (χ2v) is 7.74.